The summed E-state index contributed by atoms with van der Waals surface area (Å²) in [5.41, 5.74) is 0.261. The van der Waals surface area contributed by atoms with Crippen molar-refractivity contribution in [1.29, 1.82) is 0 Å². The minimum absolute atomic E-state index is 0.132. The third kappa shape index (κ3) is 1.66. The maximum Gasteiger partial charge on any atom is 0.161 e. The largest absolute Gasteiger partial charge is 0.204 e. The molecule has 1 rings (SSSR count). The molecule has 0 aliphatic rings. The molecule has 0 fully saturated rings. The van der Waals surface area contributed by atoms with E-state index in [1.54, 1.807) is 0 Å². The summed E-state index contributed by atoms with van der Waals surface area (Å²) in [6, 6.07) is 2.92. The van der Waals surface area contributed by atoms with Crippen molar-refractivity contribution in [3.63, 3.8) is 0 Å². The number of halogens is 2. The first kappa shape index (κ1) is 9.23. The summed E-state index contributed by atoms with van der Waals surface area (Å²) < 4.78 is 25.8. The van der Waals surface area contributed by atoms with Gasteiger partial charge in [0.2, 0.25) is 0 Å². The van der Waals surface area contributed by atoms with Gasteiger partial charge >= 0.3 is 0 Å². The molecule has 0 N–H and O–H groups in total. The molecule has 0 unspecified atom stereocenters. The average Bonchev–Trinajstić information content (AvgIpc) is 2.07. The topological polar surface area (TPSA) is 0 Å². The van der Waals surface area contributed by atoms with Gasteiger partial charge in [0.25, 0.3) is 0 Å². The van der Waals surface area contributed by atoms with Crippen LogP contribution < -0.4 is 5.46 Å². The normalized spacial score (nSPS) is 10.2. The smallest absolute Gasteiger partial charge is 0.161 e. The third-order valence-corrected chi connectivity index (χ3v) is 1.71. The average molecular weight is 166 g/mol. The van der Waals surface area contributed by atoms with E-state index in [1.165, 1.54) is 12.1 Å². The van der Waals surface area contributed by atoms with Crippen LogP contribution in [0.5, 0.6) is 0 Å². The van der Waals surface area contributed by atoms with Crippen LogP contribution in [0.25, 0.3) is 0 Å². The molecule has 2 radical (unpaired) electrons. The number of hydrogen-bond donors (Lipinski definition) is 0. The van der Waals surface area contributed by atoms with Gasteiger partial charge in [0.05, 0.1) is 0 Å². The molecule has 0 amide bonds. The molecular formula is C9H9BF2. The highest BCUT2D eigenvalue weighted by atomic mass is 19.2. The van der Waals surface area contributed by atoms with Gasteiger partial charge in [0.15, 0.2) is 11.6 Å². The lowest BCUT2D eigenvalue weighted by Gasteiger charge is -2.03. The van der Waals surface area contributed by atoms with E-state index in [2.05, 4.69) is 0 Å². The Kier molecular flexibility index (Phi) is 2.85. The van der Waals surface area contributed by atoms with E-state index in [0.717, 1.165) is 6.42 Å². The summed E-state index contributed by atoms with van der Waals surface area (Å²) in [7, 11) is 5.17. The fourth-order valence-corrected chi connectivity index (χ4v) is 1.07. The number of hydrogen-bond acceptors (Lipinski definition) is 0. The van der Waals surface area contributed by atoms with E-state index in [4.69, 9.17) is 7.85 Å². The Bertz CT molecular complexity index is 284. The molecule has 62 valence electrons. The maximum absolute atomic E-state index is 13.0. The summed E-state index contributed by atoms with van der Waals surface area (Å²) in [5, 5.41) is 0. The van der Waals surface area contributed by atoms with Gasteiger partial charge in [-0.15, -0.1) is 0 Å². The van der Waals surface area contributed by atoms with Crippen molar-refractivity contribution in [2.45, 2.75) is 19.8 Å². The zero-order valence-electron chi connectivity index (χ0n) is 6.90. The zero-order valence-corrected chi connectivity index (χ0v) is 6.90. The minimum atomic E-state index is -0.930. The van der Waals surface area contributed by atoms with Crippen molar-refractivity contribution in [2.75, 3.05) is 0 Å². The van der Waals surface area contributed by atoms with Crippen LogP contribution in [0, 0.1) is 11.6 Å². The molecule has 0 atom stereocenters. The second kappa shape index (κ2) is 3.70. The molecular weight excluding hydrogens is 157 g/mol. The van der Waals surface area contributed by atoms with Crippen molar-refractivity contribution in [1.82, 2.24) is 0 Å². The first-order chi connectivity index (χ1) is 5.66. The van der Waals surface area contributed by atoms with Crippen LogP contribution in [0.2, 0.25) is 0 Å². The lowest BCUT2D eigenvalue weighted by Crippen LogP contribution is -2.12. The van der Waals surface area contributed by atoms with Crippen molar-refractivity contribution < 1.29 is 8.78 Å². The van der Waals surface area contributed by atoms with Crippen molar-refractivity contribution >= 4 is 13.3 Å². The summed E-state index contributed by atoms with van der Waals surface area (Å²) in [4.78, 5) is 0. The third-order valence-electron chi connectivity index (χ3n) is 1.71. The predicted molar refractivity (Wildman–Crippen MR) is 45.7 cm³/mol. The van der Waals surface area contributed by atoms with E-state index >= 15 is 0 Å². The van der Waals surface area contributed by atoms with Gasteiger partial charge in [-0.3, -0.25) is 0 Å². The number of benzene rings is 1. The lowest BCUT2D eigenvalue weighted by atomic mass is 9.93. The Balaban J connectivity index is 3.08. The Morgan fingerprint density at radius 3 is 2.50 bits per heavy atom. The first-order valence-electron chi connectivity index (χ1n) is 3.89. The van der Waals surface area contributed by atoms with Gasteiger partial charge in [-0.1, -0.05) is 30.9 Å². The van der Waals surface area contributed by atoms with E-state index in [1.807, 2.05) is 6.92 Å². The standard InChI is InChI=1S/C9H9BF2/c1-2-3-6-4-5-7(10)9(12)8(6)11/h4-5H,2-3H2,1H3. The van der Waals surface area contributed by atoms with Gasteiger partial charge in [-0.05, 0) is 12.0 Å². The Morgan fingerprint density at radius 2 is 1.92 bits per heavy atom. The van der Waals surface area contributed by atoms with Gasteiger partial charge in [0.1, 0.15) is 7.85 Å². The number of rotatable bonds is 2. The quantitative estimate of drug-likeness (QED) is 0.586. The van der Waals surface area contributed by atoms with Gasteiger partial charge in [-0.25, -0.2) is 8.78 Å². The molecule has 0 nitrogen and oxygen atoms in total. The summed E-state index contributed by atoms with van der Waals surface area (Å²) in [6.45, 7) is 1.91. The molecule has 0 heterocycles. The van der Waals surface area contributed by atoms with Crippen LogP contribution in [0.4, 0.5) is 8.78 Å². The molecule has 1 aromatic rings. The van der Waals surface area contributed by atoms with Crippen LogP contribution >= 0.6 is 0 Å². The highest BCUT2D eigenvalue weighted by Gasteiger charge is 2.08. The highest BCUT2D eigenvalue weighted by Crippen LogP contribution is 2.10. The molecule has 0 bridgehead atoms. The van der Waals surface area contributed by atoms with Crippen molar-refractivity contribution in [3.8, 4) is 0 Å². The van der Waals surface area contributed by atoms with Crippen molar-refractivity contribution in [3.05, 3.63) is 29.3 Å². The second-order valence-electron chi connectivity index (χ2n) is 2.69. The number of aryl methyl sites for hydroxylation is 1. The van der Waals surface area contributed by atoms with Crippen LogP contribution in [-0.4, -0.2) is 7.85 Å². The minimum Gasteiger partial charge on any atom is -0.204 e. The van der Waals surface area contributed by atoms with Gasteiger partial charge < -0.3 is 0 Å². The lowest BCUT2D eigenvalue weighted by molar-refractivity contribution is 0.503. The van der Waals surface area contributed by atoms with Crippen LogP contribution in [0.3, 0.4) is 0 Å². The predicted octanol–water partition coefficient (Wildman–Crippen LogP) is 1.71. The monoisotopic (exact) mass is 166 g/mol. The summed E-state index contributed by atoms with van der Waals surface area (Å²) in [5.74, 6) is -1.74. The van der Waals surface area contributed by atoms with Crippen LogP contribution in [0.1, 0.15) is 18.9 Å². The van der Waals surface area contributed by atoms with E-state index < -0.39 is 11.6 Å². The molecule has 0 aliphatic carbocycles. The zero-order chi connectivity index (χ0) is 9.14. The molecule has 3 heteroatoms. The summed E-state index contributed by atoms with van der Waals surface area (Å²) in [6.07, 6.45) is 1.34. The Labute approximate surface area is 72.0 Å². The van der Waals surface area contributed by atoms with E-state index in [-0.39, 0.29) is 5.46 Å². The van der Waals surface area contributed by atoms with Crippen LogP contribution in [0.15, 0.2) is 12.1 Å². The highest BCUT2D eigenvalue weighted by molar-refractivity contribution is 6.32. The Hall–Kier alpha value is -0.855. The molecule has 0 spiro atoms. The fraction of sp³-hybridized carbons (Fsp3) is 0.333. The first-order valence-corrected chi connectivity index (χ1v) is 3.89. The van der Waals surface area contributed by atoms with Crippen LogP contribution in [-0.2, 0) is 6.42 Å². The second-order valence-corrected chi connectivity index (χ2v) is 2.69. The van der Waals surface area contributed by atoms with Gasteiger partial charge in [-0.2, -0.15) is 0 Å². The molecule has 0 aromatic heterocycles. The maximum atomic E-state index is 13.0. The molecule has 0 saturated carbocycles. The Morgan fingerprint density at radius 1 is 1.25 bits per heavy atom. The SMILES string of the molecule is [B]c1ccc(CCC)c(F)c1F. The van der Waals surface area contributed by atoms with E-state index in [0.29, 0.717) is 12.0 Å². The van der Waals surface area contributed by atoms with Gasteiger partial charge in [0, 0.05) is 0 Å². The summed E-state index contributed by atoms with van der Waals surface area (Å²) >= 11 is 0. The molecule has 12 heavy (non-hydrogen) atoms. The fourth-order valence-electron chi connectivity index (χ4n) is 1.07. The molecule has 1 aromatic carbocycles. The molecule has 0 saturated heterocycles. The van der Waals surface area contributed by atoms with Crippen molar-refractivity contribution in [2.24, 2.45) is 0 Å². The molecule has 0 aliphatic heterocycles. The van der Waals surface area contributed by atoms with E-state index in [9.17, 15) is 8.78 Å².